The zero-order valence-electron chi connectivity index (χ0n) is 33.9. The zero-order chi connectivity index (χ0) is 42.9. The van der Waals surface area contributed by atoms with Gasteiger partial charge in [-0.1, -0.05) is 0 Å². The quantitative estimate of drug-likeness (QED) is 0.103. The van der Waals surface area contributed by atoms with Crippen LogP contribution in [0.15, 0.2) is 0 Å². The van der Waals surface area contributed by atoms with Crippen molar-refractivity contribution in [3.8, 4) is 0 Å². The van der Waals surface area contributed by atoms with Crippen molar-refractivity contribution in [1.29, 1.82) is 0 Å². The van der Waals surface area contributed by atoms with Crippen molar-refractivity contribution in [1.82, 2.24) is 0 Å². The van der Waals surface area contributed by atoms with Gasteiger partial charge in [0.25, 0.3) is 0 Å². The molecule has 0 radical (unpaired) electrons. The maximum atomic E-state index is 12.5. The Balaban J connectivity index is 1.06. The van der Waals surface area contributed by atoms with Crippen LogP contribution in [-0.2, 0) is 75.8 Å². The van der Waals surface area contributed by atoms with Gasteiger partial charge in [-0.25, -0.2) is 0 Å². The van der Waals surface area contributed by atoms with Crippen molar-refractivity contribution in [3.63, 3.8) is 0 Å². The lowest BCUT2D eigenvalue weighted by atomic mass is 9.81. The first-order valence-electron chi connectivity index (χ1n) is 19.6. The first-order valence-corrected chi connectivity index (χ1v) is 19.6. The van der Waals surface area contributed by atoms with Crippen molar-refractivity contribution in [3.05, 3.63) is 0 Å². The van der Waals surface area contributed by atoms with Crippen LogP contribution >= 0.6 is 0 Å². The predicted molar refractivity (Wildman–Crippen MR) is 185 cm³/mol. The van der Waals surface area contributed by atoms with Gasteiger partial charge in [-0.2, -0.15) is 0 Å². The molecule has 0 aliphatic carbocycles. The molecule has 0 aromatic carbocycles. The van der Waals surface area contributed by atoms with Crippen LogP contribution in [0.4, 0.5) is 0 Å². The van der Waals surface area contributed by atoms with Gasteiger partial charge in [0.1, 0.15) is 91.7 Å². The summed E-state index contributed by atoms with van der Waals surface area (Å²) in [4.78, 5) is 12.5. The molecule has 24 unspecified atom stereocenters. The first kappa shape index (κ1) is 45.8. The van der Waals surface area contributed by atoms with Crippen molar-refractivity contribution in [2.24, 2.45) is 0 Å². The van der Waals surface area contributed by atoms with E-state index in [0.717, 1.165) is 0 Å². The van der Waals surface area contributed by atoms with E-state index in [1.54, 1.807) is 6.92 Å². The molecule has 340 valence electrons. The normalized spacial score (nSPS) is 55.2. The number of carbonyl (C=O) groups is 1. The summed E-state index contributed by atoms with van der Waals surface area (Å²) in [5.41, 5.74) is -4.13. The van der Waals surface area contributed by atoms with Gasteiger partial charge in [0.15, 0.2) is 42.6 Å². The molecule has 0 amide bonds. The third-order valence-electron chi connectivity index (χ3n) is 12.4. The maximum absolute atomic E-state index is 12.5. The fraction of sp³-hybridized carbons (Fsp3) is 0.972. The van der Waals surface area contributed by atoms with Gasteiger partial charge in [-0.3, -0.25) is 4.79 Å². The minimum atomic E-state index is -2.07. The number of rotatable bonds is 11. The molecule has 23 nitrogen and oxygen atoms in total. The molecule has 7 rings (SSSR count). The van der Waals surface area contributed by atoms with Crippen molar-refractivity contribution in [2.45, 2.75) is 181 Å². The fourth-order valence-electron chi connectivity index (χ4n) is 9.00. The summed E-state index contributed by atoms with van der Waals surface area (Å²) in [6.07, 6.45) is -27.5. The third-order valence-corrected chi connectivity index (χ3v) is 12.4. The Kier molecular flexibility index (Phi) is 13.5. The average molecular weight is 859 g/mol. The molecule has 7 N–H and O–H groups in total. The number of fused-ring (bicyclic) bond motifs is 3. The number of carbonyl (C=O) groups excluding carboxylic acids is 1. The van der Waals surface area contributed by atoms with Gasteiger partial charge in [0.2, 0.25) is 0 Å². The maximum Gasteiger partial charge on any atom is 0.315 e. The second-order valence-electron chi connectivity index (χ2n) is 16.2. The number of aliphatic hydroxyl groups is 7. The van der Waals surface area contributed by atoms with E-state index in [1.807, 2.05) is 0 Å². The Morgan fingerprint density at radius 2 is 1.31 bits per heavy atom. The highest BCUT2D eigenvalue weighted by molar-refractivity contribution is 5.86. The predicted octanol–water partition coefficient (Wildman–Crippen LogP) is -4.51. The monoisotopic (exact) mass is 858 g/mol. The van der Waals surface area contributed by atoms with Crippen LogP contribution in [-0.4, -0.2) is 229 Å². The van der Waals surface area contributed by atoms with Crippen LogP contribution in [0.5, 0.6) is 0 Å². The SMILES string of the molecule is COCC1OC(OC2OCC3OC4(OC3C2O)OC(C)C(O)(C(C)=O)C2OCOC24)C(OC)C(O)C1OC1OC(C)C(OC)C(O)C1OC1OC(C)C(O)C(C)(O)C1O. The molecule has 0 aromatic rings. The summed E-state index contributed by atoms with van der Waals surface area (Å²) in [6, 6.07) is 0. The van der Waals surface area contributed by atoms with E-state index in [4.69, 9.17) is 71.1 Å². The number of ketones is 1. The Morgan fingerprint density at radius 1 is 0.678 bits per heavy atom. The molecule has 0 saturated carbocycles. The summed E-state index contributed by atoms with van der Waals surface area (Å²) in [5.74, 6) is -2.60. The van der Waals surface area contributed by atoms with Gasteiger partial charge in [-0.05, 0) is 34.6 Å². The Morgan fingerprint density at radius 3 is 1.97 bits per heavy atom. The Bertz CT molecular complexity index is 1460. The van der Waals surface area contributed by atoms with E-state index < -0.39 is 152 Å². The molecule has 23 heteroatoms. The lowest BCUT2D eigenvalue weighted by Crippen LogP contribution is -2.72. The third kappa shape index (κ3) is 7.81. The van der Waals surface area contributed by atoms with Gasteiger partial charge < -0.3 is 107 Å². The Labute approximate surface area is 339 Å². The molecule has 7 aliphatic rings. The number of methoxy groups -OCH3 is 3. The second-order valence-corrected chi connectivity index (χ2v) is 16.2. The molecule has 7 heterocycles. The van der Waals surface area contributed by atoms with Gasteiger partial charge in [0.05, 0.1) is 31.5 Å². The topological polar surface area (TPSA) is 297 Å². The summed E-state index contributed by atoms with van der Waals surface area (Å²) in [6.45, 7) is 6.28. The lowest BCUT2D eigenvalue weighted by molar-refractivity contribution is -0.428. The molecule has 59 heavy (non-hydrogen) atoms. The highest BCUT2D eigenvalue weighted by Gasteiger charge is 2.72. The average Bonchev–Trinajstić information content (AvgIpc) is 3.84. The molecule has 7 fully saturated rings. The van der Waals surface area contributed by atoms with E-state index >= 15 is 0 Å². The van der Waals surface area contributed by atoms with Crippen LogP contribution in [0.3, 0.4) is 0 Å². The summed E-state index contributed by atoms with van der Waals surface area (Å²) < 4.78 is 88.5. The minimum Gasteiger partial charge on any atom is -0.387 e. The zero-order valence-corrected chi connectivity index (χ0v) is 33.9. The highest BCUT2D eigenvalue weighted by Crippen LogP contribution is 2.49. The molecule has 1 spiro atoms. The smallest absolute Gasteiger partial charge is 0.315 e. The van der Waals surface area contributed by atoms with E-state index in [1.165, 1.54) is 49.0 Å². The van der Waals surface area contributed by atoms with Crippen molar-refractivity contribution < 1.29 is 112 Å². The van der Waals surface area contributed by atoms with E-state index in [2.05, 4.69) is 0 Å². The summed E-state index contributed by atoms with van der Waals surface area (Å²) in [5, 5.41) is 78.4. The van der Waals surface area contributed by atoms with Crippen LogP contribution in [0.25, 0.3) is 0 Å². The summed E-state index contributed by atoms with van der Waals surface area (Å²) >= 11 is 0. The van der Waals surface area contributed by atoms with Crippen molar-refractivity contribution in [2.75, 3.05) is 41.3 Å². The Hall–Kier alpha value is -1.21. The van der Waals surface area contributed by atoms with Gasteiger partial charge in [-0.15, -0.1) is 0 Å². The number of Topliss-reactive ketones (excluding diaryl/α,β-unsaturated/α-hetero) is 1. The van der Waals surface area contributed by atoms with E-state index in [0.29, 0.717) is 0 Å². The van der Waals surface area contributed by atoms with E-state index in [-0.39, 0.29) is 20.0 Å². The van der Waals surface area contributed by atoms with Crippen LogP contribution in [0.2, 0.25) is 0 Å². The lowest BCUT2D eigenvalue weighted by Gasteiger charge is -2.50. The number of ether oxygens (including phenoxy) is 15. The molecule has 0 bridgehead atoms. The molecular formula is C36H58O23. The molecule has 24 atom stereocenters. The number of hydrogen-bond acceptors (Lipinski definition) is 23. The van der Waals surface area contributed by atoms with Gasteiger partial charge in [0, 0.05) is 21.3 Å². The molecular weight excluding hydrogens is 800 g/mol. The molecule has 0 aromatic heterocycles. The highest BCUT2D eigenvalue weighted by atomic mass is 16.9. The van der Waals surface area contributed by atoms with E-state index in [9.17, 15) is 40.5 Å². The van der Waals surface area contributed by atoms with Crippen LogP contribution in [0, 0.1) is 0 Å². The van der Waals surface area contributed by atoms with Crippen molar-refractivity contribution >= 4 is 5.78 Å². The number of aliphatic hydroxyl groups excluding tert-OH is 5. The molecule has 7 aliphatic heterocycles. The largest absolute Gasteiger partial charge is 0.387 e. The fourth-order valence-corrected chi connectivity index (χ4v) is 9.00. The number of hydrogen-bond donors (Lipinski definition) is 7. The first-order chi connectivity index (χ1) is 27.8. The standard InChI is InChI=1S/C36H58O23/c1-12-21(46-7)18(38)25(55-33-27(42)34(5,43)26(41)13(2)52-33)32(51-12)54-22-16(9-45-6)53-31(24(47-8)19(22)39)56-30-20(40)23-17(10-48-30)58-36(59-23)29-28(49-11-50-29)35(44,14(3)37)15(4)57-36/h12-13,15-33,38-44H,9-11H2,1-8H3. The van der Waals surface area contributed by atoms with Gasteiger partial charge >= 0.3 is 5.97 Å². The summed E-state index contributed by atoms with van der Waals surface area (Å²) in [7, 11) is 4.00. The molecule has 7 saturated heterocycles. The second kappa shape index (κ2) is 17.4. The minimum absolute atomic E-state index is 0.192. The van der Waals surface area contributed by atoms with Crippen LogP contribution < -0.4 is 0 Å². The van der Waals surface area contributed by atoms with Crippen LogP contribution in [0.1, 0.15) is 34.6 Å².